The van der Waals surface area contributed by atoms with E-state index in [2.05, 4.69) is 41.0 Å². The Morgan fingerprint density at radius 3 is 2.48 bits per heavy atom. The molecule has 0 aliphatic carbocycles. The van der Waals surface area contributed by atoms with Crippen molar-refractivity contribution in [2.45, 2.75) is 57.8 Å². The van der Waals surface area contributed by atoms with E-state index in [1.807, 2.05) is 24.3 Å². The van der Waals surface area contributed by atoms with Gasteiger partial charge in [0.05, 0.1) is 23.2 Å². The predicted octanol–water partition coefficient (Wildman–Crippen LogP) is 6.20. The number of hydrogen-bond acceptors (Lipinski definition) is 7. The van der Waals surface area contributed by atoms with Crippen molar-refractivity contribution in [3.8, 4) is 11.4 Å². The number of carboxylic acid groups (broad SMARTS) is 1. The van der Waals surface area contributed by atoms with Gasteiger partial charge in [-0.1, -0.05) is 32.9 Å². The summed E-state index contributed by atoms with van der Waals surface area (Å²) >= 11 is 0. The van der Waals surface area contributed by atoms with Crippen LogP contribution in [-0.2, 0) is 22.9 Å². The summed E-state index contributed by atoms with van der Waals surface area (Å²) < 4.78 is 41.1. The van der Waals surface area contributed by atoms with Crippen molar-refractivity contribution >= 4 is 28.5 Å². The van der Waals surface area contributed by atoms with Gasteiger partial charge in [-0.05, 0) is 66.8 Å². The Labute approximate surface area is 229 Å². The summed E-state index contributed by atoms with van der Waals surface area (Å²) in [5.74, 6) is -0.173. The van der Waals surface area contributed by atoms with E-state index >= 15 is 0 Å². The number of aromatic nitrogens is 4. The van der Waals surface area contributed by atoms with Gasteiger partial charge in [0.15, 0.2) is 5.65 Å². The Balaban J connectivity index is 1.59. The van der Waals surface area contributed by atoms with Gasteiger partial charge >= 0.3 is 12.1 Å². The number of nitrogens with one attached hydrogen (secondary N) is 1. The summed E-state index contributed by atoms with van der Waals surface area (Å²) in [5.41, 5.74) is 0.907. The first-order valence-electron chi connectivity index (χ1n) is 12.9. The number of alkyl halides is 3. The zero-order valence-electron chi connectivity index (χ0n) is 22.3. The largest absolute Gasteiger partial charge is 0.480 e. The highest BCUT2D eigenvalue weighted by molar-refractivity contribution is 5.90. The van der Waals surface area contributed by atoms with Crippen LogP contribution in [0.5, 0.6) is 0 Å². The summed E-state index contributed by atoms with van der Waals surface area (Å²) in [6.07, 6.45) is -2.06. The highest BCUT2D eigenvalue weighted by Crippen LogP contribution is 2.36. The topological polar surface area (TPSA) is 104 Å². The van der Waals surface area contributed by atoms with Crippen LogP contribution < -0.4 is 5.32 Å². The first-order chi connectivity index (χ1) is 18.9. The molecule has 11 heteroatoms. The molecule has 0 saturated carbocycles. The number of aliphatic carboxylic acids is 1. The van der Waals surface area contributed by atoms with E-state index in [1.54, 1.807) is 11.0 Å². The third kappa shape index (κ3) is 5.74. The monoisotopic (exact) mass is 550 g/mol. The van der Waals surface area contributed by atoms with Crippen molar-refractivity contribution in [2.24, 2.45) is 0 Å². The lowest BCUT2D eigenvalue weighted by Gasteiger charge is -2.21. The van der Waals surface area contributed by atoms with Crippen molar-refractivity contribution in [1.82, 2.24) is 24.8 Å². The van der Waals surface area contributed by atoms with Gasteiger partial charge in [-0.2, -0.15) is 13.2 Å². The predicted molar refractivity (Wildman–Crippen MR) is 145 cm³/mol. The summed E-state index contributed by atoms with van der Waals surface area (Å²) in [4.78, 5) is 31.2. The summed E-state index contributed by atoms with van der Waals surface area (Å²) in [6, 6.07) is 12.5. The van der Waals surface area contributed by atoms with E-state index in [0.717, 1.165) is 23.7 Å². The maximum absolute atomic E-state index is 13.7. The number of fused-ring (bicyclic) bond motifs is 1. The van der Waals surface area contributed by atoms with Gasteiger partial charge in [-0.25, -0.2) is 15.0 Å². The van der Waals surface area contributed by atoms with Crippen LogP contribution in [0, 0.1) is 0 Å². The van der Waals surface area contributed by atoms with Crippen LogP contribution >= 0.6 is 0 Å². The van der Waals surface area contributed by atoms with Crippen LogP contribution in [0.4, 0.5) is 24.7 Å². The molecular formula is C29H29F3N6O2. The van der Waals surface area contributed by atoms with Crippen LogP contribution in [0.15, 0.2) is 54.7 Å². The molecule has 0 unspecified atom stereocenters. The van der Waals surface area contributed by atoms with E-state index in [9.17, 15) is 23.1 Å². The fraction of sp³-hybridized carbons (Fsp3) is 0.345. The molecule has 1 aliphatic rings. The number of halogens is 3. The quantitative estimate of drug-likeness (QED) is 0.293. The normalized spacial score (nSPS) is 16.4. The second-order valence-corrected chi connectivity index (χ2v) is 10.9. The molecule has 4 aromatic rings. The molecule has 40 heavy (non-hydrogen) atoms. The van der Waals surface area contributed by atoms with Gasteiger partial charge < -0.3 is 10.4 Å². The van der Waals surface area contributed by atoms with Crippen LogP contribution in [0.3, 0.4) is 0 Å². The molecule has 1 atom stereocenters. The van der Waals surface area contributed by atoms with Gasteiger partial charge in [-0.3, -0.25) is 14.7 Å². The Bertz CT molecular complexity index is 1550. The number of carboxylic acids is 1. The average Bonchev–Trinajstić information content (AvgIpc) is 3.36. The number of rotatable bonds is 6. The third-order valence-electron chi connectivity index (χ3n) is 6.97. The minimum absolute atomic E-state index is 0.0230. The van der Waals surface area contributed by atoms with Crippen LogP contribution in [0.25, 0.3) is 22.4 Å². The third-order valence-corrected chi connectivity index (χ3v) is 6.97. The van der Waals surface area contributed by atoms with Crippen molar-refractivity contribution in [3.63, 3.8) is 0 Å². The molecule has 3 aromatic heterocycles. The maximum Gasteiger partial charge on any atom is 0.418 e. The van der Waals surface area contributed by atoms with E-state index in [4.69, 9.17) is 4.98 Å². The number of anilines is 2. The van der Waals surface area contributed by atoms with Crippen LogP contribution in [0.1, 0.15) is 50.6 Å². The first-order valence-corrected chi connectivity index (χ1v) is 12.9. The van der Waals surface area contributed by atoms with Gasteiger partial charge in [0.2, 0.25) is 0 Å². The Morgan fingerprint density at radius 2 is 1.80 bits per heavy atom. The lowest BCUT2D eigenvalue weighted by atomic mass is 9.87. The minimum Gasteiger partial charge on any atom is -0.480 e. The highest BCUT2D eigenvalue weighted by Gasteiger charge is 2.35. The van der Waals surface area contributed by atoms with Crippen molar-refractivity contribution < 1.29 is 23.1 Å². The van der Waals surface area contributed by atoms with E-state index < -0.39 is 23.8 Å². The summed E-state index contributed by atoms with van der Waals surface area (Å²) in [7, 11) is 0. The molecule has 1 aromatic carbocycles. The molecule has 208 valence electrons. The van der Waals surface area contributed by atoms with E-state index in [0.29, 0.717) is 30.0 Å². The molecule has 0 bridgehead atoms. The second-order valence-electron chi connectivity index (χ2n) is 10.9. The van der Waals surface area contributed by atoms with E-state index in [1.165, 1.54) is 18.3 Å². The summed E-state index contributed by atoms with van der Waals surface area (Å²) in [6.45, 7) is 7.10. The lowest BCUT2D eigenvalue weighted by Crippen LogP contribution is -2.35. The number of benzene rings is 1. The molecular weight excluding hydrogens is 521 g/mol. The van der Waals surface area contributed by atoms with Crippen LogP contribution in [-0.4, -0.2) is 48.5 Å². The SMILES string of the molecule is CC(C)(C)c1ccc(Nc2nc(CN3CCC[C@H]3C(=O)O)nc3nc(-c4ncccc4C(F)(F)F)ccc23)cc1. The Morgan fingerprint density at radius 1 is 1.05 bits per heavy atom. The lowest BCUT2D eigenvalue weighted by molar-refractivity contribution is -0.142. The van der Waals surface area contributed by atoms with Gasteiger partial charge in [0, 0.05) is 11.9 Å². The zero-order valence-corrected chi connectivity index (χ0v) is 22.3. The zero-order chi connectivity index (χ0) is 28.7. The first kappa shape index (κ1) is 27.4. The average molecular weight is 551 g/mol. The number of pyridine rings is 2. The Kier molecular flexibility index (Phi) is 7.17. The van der Waals surface area contributed by atoms with Crippen molar-refractivity contribution in [1.29, 1.82) is 0 Å². The number of nitrogens with zero attached hydrogens (tertiary/aromatic N) is 5. The molecule has 0 radical (unpaired) electrons. The molecule has 0 amide bonds. The minimum atomic E-state index is -4.61. The second kappa shape index (κ2) is 10.5. The number of hydrogen-bond donors (Lipinski definition) is 2. The van der Waals surface area contributed by atoms with Crippen molar-refractivity contribution in [2.75, 3.05) is 11.9 Å². The molecule has 2 N–H and O–H groups in total. The Hall–Kier alpha value is -4.12. The van der Waals surface area contributed by atoms with Gasteiger partial charge in [-0.15, -0.1) is 0 Å². The molecule has 0 spiro atoms. The van der Waals surface area contributed by atoms with E-state index in [-0.39, 0.29) is 29.0 Å². The fourth-order valence-electron chi connectivity index (χ4n) is 4.86. The van der Waals surface area contributed by atoms with Gasteiger partial charge in [0.25, 0.3) is 0 Å². The molecule has 4 heterocycles. The summed E-state index contributed by atoms with van der Waals surface area (Å²) in [5, 5.41) is 13.4. The molecule has 1 fully saturated rings. The number of carbonyl (C=O) groups is 1. The smallest absolute Gasteiger partial charge is 0.418 e. The number of likely N-dealkylation sites (tertiary alicyclic amines) is 1. The molecule has 5 rings (SSSR count). The molecule has 1 saturated heterocycles. The maximum atomic E-state index is 13.7. The fourth-order valence-corrected chi connectivity index (χ4v) is 4.86. The highest BCUT2D eigenvalue weighted by atomic mass is 19.4. The molecule has 8 nitrogen and oxygen atoms in total. The molecule has 1 aliphatic heterocycles. The van der Waals surface area contributed by atoms with Crippen LogP contribution in [0.2, 0.25) is 0 Å². The standard InChI is InChI=1S/C29H29F3N6O2/c1-28(2,3)17-8-10-18(11-9-17)34-25-19-12-13-21(24-20(29(30,31)32)6-4-14-33-24)35-26(19)37-23(36-25)16-38-15-5-7-22(38)27(39)40/h4,6,8-14,22H,5,7,15-16H2,1-3H3,(H,39,40)(H,34,35,36,37)/t22-/m0/s1. The van der Waals surface area contributed by atoms with Gasteiger partial charge in [0.1, 0.15) is 23.4 Å². The van der Waals surface area contributed by atoms with Crippen molar-refractivity contribution in [3.05, 3.63) is 71.7 Å².